The van der Waals surface area contributed by atoms with Gasteiger partial charge in [-0.3, -0.25) is 0 Å². The van der Waals surface area contributed by atoms with Gasteiger partial charge in [0, 0.05) is 10.9 Å². The van der Waals surface area contributed by atoms with E-state index in [0.29, 0.717) is 0 Å². The number of carbonyl (C=O) groups is 1. The van der Waals surface area contributed by atoms with Gasteiger partial charge in [-0.15, -0.1) is 0 Å². The predicted molar refractivity (Wildman–Crippen MR) is 24.6 cm³/mol. The largest absolute Gasteiger partial charge is 0.504 e. The van der Waals surface area contributed by atoms with E-state index in [1.54, 1.807) is 12.5 Å². The minimum absolute atomic E-state index is 0.562. The maximum absolute atomic E-state index is 9.60. The Labute approximate surface area is 39.5 Å². The zero-order valence-corrected chi connectivity index (χ0v) is 4.54. The van der Waals surface area contributed by atoms with Crippen molar-refractivity contribution in [3.63, 3.8) is 0 Å². The Balaban J connectivity index is 3.26. The first kappa shape index (κ1) is 5.82. The van der Waals surface area contributed by atoms with Gasteiger partial charge in [0.25, 0.3) is 5.30 Å². The highest BCUT2D eigenvalue weighted by Crippen LogP contribution is 1.77. The van der Waals surface area contributed by atoms with Crippen LogP contribution in [-0.4, -0.2) is 17.8 Å². The van der Waals surface area contributed by atoms with Gasteiger partial charge >= 0.3 is 0 Å². The number of carbonyl (C=O) groups excluding carboxylic acids is 1. The number of carboxylic acid groups (broad SMARTS) is 1. The summed E-state index contributed by atoms with van der Waals surface area (Å²) in [6.45, 7) is 0. The molecule has 6 heavy (non-hydrogen) atoms. The highest BCUT2D eigenvalue weighted by molar-refractivity contribution is 8.09. The monoisotopic (exact) mass is 106 g/mol. The fourth-order valence-corrected chi connectivity index (χ4v) is 0. The molecule has 0 aliphatic heterocycles. The minimum atomic E-state index is -0.963. The lowest BCUT2D eigenvalue weighted by Gasteiger charge is -1.89. The number of rotatable bonds is 0. The van der Waals surface area contributed by atoms with Crippen LogP contribution in [0.25, 0.3) is 0 Å². The lowest BCUT2D eigenvalue weighted by Crippen LogP contribution is -2.28. The van der Waals surface area contributed by atoms with Gasteiger partial charge in [0.05, 0.1) is 0 Å². The van der Waals surface area contributed by atoms with Crippen molar-refractivity contribution in [3.8, 4) is 0 Å². The second-order valence-corrected chi connectivity index (χ2v) is 3.03. The van der Waals surface area contributed by atoms with Gasteiger partial charge in [-0.25, -0.2) is 0 Å². The van der Waals surface area contributed by atoms with E-state index in [-0.39, 0.29) is 0 Å². The van der Waals surface area contributed by atoms with E-state index in [0.717, 1.165) is 0 Å². The third-order valence-electron chi connectivity index (χ3n) is 0.333. The molecule has 0 saturated carbocycles. The molecular weight excluding hydrogens is 100 g/mol. The zero-order valence-electron chi connectivity index (χ0n) is 3.72. The van der Waals surface area contributed by atoms with Gasteiger partial charge in [-0.1, -0.05) is 0 Å². The van der Waals surface area contributed by atoms with Crippen LogP contribution in [0.1, 0.15) is 0 Å². The molecule has 0 atom stereocenters. The molecule has 3 heteroatoms. The van der Waals surface area contributed by atoms with Crippen LogP contribution < -0.4 is 5.11 Å². The number of hydrogen-bond donors (Lipinski definition) is 0. The molecule has 0 aromatic rings. The average molecular weight is 106 g/mol. The van der Waals surface area contributed by atoms with Crippen molar-refractivity contribution >= 4 is 16.2 Å². The van der Waals surface area contributed by atoms with E-state index < -0.39 is 16.2 Å². The van der Waals surface area contributed by atoms with Gasteiger partial charge in [-0.2, -0.15) is 0 Å². The first-order chi connectivity index (χ1) is 2.64. The van der Waals surface area contributed by atoms with Crippen LogP contribution in [0.2, 0.25) is 0 Å². The van der Waals surface area contributed by atoms with Crippen molar-refractivity contribution in [3.05, 3.63) is 0 Å². The summed E-state index contributed by atoms with van der Waals surface area (Å²) in [6, 6.07) is 0. The summed E-state index contributed by atoms with van der Waals surface area (Å²) in [5.74, 6) is 0. The molecule has 0 saturated heterocycles. The van der Waals surface area contributed by atoms with Gasteiger partial charge in [0.1, 0.15) is 12.5 Å². The summed E-state index contributed by atoms with van der Waals surface area (Å²) in [4.78, 5) is 9.60. The smallest absolute Gasteiger partial charge is 0.272 e. The van der Waals surface area contributed by atoms with Crippen molar-refractivity contribution in [2.24, 2.45) is 0 Å². The minimum Gasteiger partial charge on any atom is -0.504 e. The Morgan fingerprint density at radius 2 is 1.83 bits per heavy atom. The van der Waals surface area contributed by atoms with Crippen LogP contribution >= 0.6 is 0 Å². The third-order valence-corrected chi connectivity index (χ3v) is 1.00. The summed E-state index contributed by atoms with van der Waals surface area (Å²) < 4.78 is 0. The van der Waals surface area contributed by atoms with Crippen LogP contribution in [0.5, 0.6) is 0 Å². The molecule has 0 rings (SSSR count). The first-order valence-corrected chi connectivity index (χ1v) is 3.47. The topological polar surface area (TPSA) is 40.1 Å². The first-order valence-electron chi connectivity index (χ1n) is 1.43. The summed E-state index contributed by atoms with van der Waals surface area (Å²) >= 11 is 0. The maximum atomic E-state index is 9.60. The van der Waals surface area contributed by atoms with E-state index in [2.05, 4.69) is 0 Å². The molecule has 0 heterocycles. The predicted octanol–water partition coefficient (Wildman–Crippen LogP) is -0.792. The molecule has 0 fully saturated rings. The fraction of sp³-hybridized carbons (Fsp3) is 0.667. The summed E-state index contributed by atoms with van der Waals surface area (Å²) in [5, 5.41) is 8.64. The van der Waals surface area contributed by atoms with Crippen LogP contribution in [0, 0.1) is 0 Å². The Bertz CT molecular complexity index is 59.8. The van der Waals surface area contributed by atoms with Gasteiger partial charge in [-0.05, 0) is 0 Å². The molecule has 0 aromatic carbocycles. The summed E-state index contributed by atoms with van der Waals surface area (Å²) in [5.41, 5.74) is 0. The molecule has 0 N–H and O–H groups in total. The molecular formula is C3H6O2S. The quantitative estimate of drug-likeness (QED) is 0.379. The molecule has 0 spiro atoms. The van der Waals surface area contributed by atoms with Crippen molar-refractivity contribution in [2.75, 3.05) is 12.5 Å². The second-order valence-electron chi connectivity index (χ2n) is 1.07. The highest BCUT2D eigenvalue weighted by atomic mass is 32.2. The summed E-state index contributed by atoms with van der Waals surface area (Å²) in [6.07, 6.45) is 3.21. The molecule has 2 nitrogen and oxygen atoms in total. The normalized spacial score (nSPS) is 9.17. The SMILES string of the molecule is C[S+](C)C(=O)[O-]. The van der Waals surface area contributed by atoms with Crippen LogP contribution in [-0.2, 0) is 10.9 Å². The van der Waals surface area contributed by atoms with Crippen LogP contribution in [0.15, 0.2) is 0 Å². The third kappa shape index (κ3) is 2.08. The van der Waals surface area contributed by atoms with E-state index in [1.165, 1.54) is 0 Å². The summed E-state index contributed by atoms with van der Waals surface area (Å²) in [7, 11) is -0.562. The Hall–Kier alpha value is -0.180. The van der Waals surface area contributed by atoms with Crippen molar-refractivity contribution < 1.29 is 9.90 Å². The van der Waals surface area contributed by atoms with Crippen molar-refractivity contribution in [2.45, 2.75) is 0 Å². The molecule has 0 amide bonds. The van der Waals surface area contributed by atoms with Gasteiger partial charge in [0.15, 0.2) is 0 Å². The van der Waals surface area contributed by atoms with E-state index in [4.69, 9.17) is 0 Å². The van der Waals surface area contributed by atoms with E-state index >= 15 is 0 Å². The van der Waals surface area contributed by atoms with Crippen LogP contribution in [0.3, 0.4) is 0 Å². The molecule has 0 bridgehead atoms. The second kappa shape index (κ2) is 2.08. The molecule has 0 radical (unpaired) electrons. The standard InChI is InChI=1S/C3H6O2S/c1-6(2)3(4)5/h1-2H3. The molecule has 36 valence electrons. The molecule has 0 aliphatic carbocycles. The average Bonchev–Trinajstić information content (AvgIpc) is 1.36. The fourth-order valence-electron chi connectivity index (χ4n) is 0. The van der Waals surface area contributed by atoms with Crippen molar-refractivity contribution in [1.82, 2.24) is 0 Å². The Morgan fingerprint density at radius 1 is 1.67 bits per heavy atom. The van der Waals surface area contributed by atoms with E-state index in [1.807, 2.05) is 0 Å². The van der Waals surface area contributed by atoms with Crippen molar-refractivity contribution in [1.29, 1.82) is 0 Å². The van der Waals surface area contributed by atoms with Gasteiger partial charge in [0.2, 0.25) is 0 Å². The zero-order chi connectivity index (χ0) is 5.15. The Morgan fingerprint density at radius 3 is 1.83 bits per heavy atom. The van der Waals surface area contributed by atoms with Gasteiger partial charge < -0.3 is 9.90 Å². The van der Waals surface area contributed by atoms with Crippen LogP contribution in [0.4, 0.5) is 4.79 Å². The molecule has 0 unspecified atom stereocenters. The molecule has 0 aromatic heterocycles. The Kier molecular flexibility index (Phi) is 2.01. The number of hydrogen-bond acceptors (Lipinski definition) is 2. The van der Waals surface area contributed by atoms with E-state index in [9.17, 15) is 9.90 Å². The highest BCUT2D eigenvalue weighted by Gasteiger charge is 1.99. The lowest BCUT2D eigenvalue weighted by molar-refractivity contribution is -0.232. The molecule has 0 aliphatic rings. The lowest BCUT2D eigenvalue weighted by atomic mass is 11.6. The maximum Gasteiger partial charge on any atom is 0.272 e.